The molecule has 2 heterocycles. The molecule has 0 aromatic heterocycles. The Morgan fingerprint density at radius 3 is 1.52 bits per heavy atom. The number of nitrogens with one attached hydrogen (secondary N) is 2. The Labute approximate surface area is 129 Å². The van der Waals surface area contributed by atoms with Crippen molar-refractivity contribution in [1.29, 1.82) is 0 Å². The number of hydrogen-bond acceptors (Lipinski definition) is 3. The zero-order valence-corrected chi connectivity index (χ0v) is 12.8. The summed E-state index contributed by atoms with van der Waals surface area (Å²) in [4.78, 5) is 2.82. The molecule has 2 N–H and O–H groups in total. The van der Waals surface area contributed by atoms with Crippen LogP contribution in [0.25, 0.3) is 0 Å². The highest BCUT2D eigenvalue weighted by molar-refractivity contribution is 7.99. The van der Waals surface area contributed by atoms with Crippen LogP contribution in [-0.2, 0) is 6.42 Å². The molecule has 2 aliphatic heterocycles. The Morgan fingerprint density at radius 2 is 1.10 bits per heavy atom. The van der Waals surface area contributed by atoms with Gasteiger partial charge < -0.3 is 10.6 Å². The summed E-state index contributed by atoms with van der Waals surface area (Å²) in [7, 11) is 0. The molecule has 2 aliphatic rings. The molecule has 0 aliphatic carbocycles. The number of piperazine rings is 1. The van der Waals surface area contributed by atoms with Crippen molar-refractivity contribution in [3.63, 3.8) is 0 Å². The zero-order chi connectivity index (χ0) is 13.6. The zero-order valence-electron chi connectivity index (χ0n) is 12.0. The van der Waals surface area contributed by atoms with Crippen LogP contribution in [-0.4, -0.2) is 26.2 Å². The Hall–Kier alpha value is -1.36. The summed E-state index contributed by atoms with van der Waals surface area (Å²) < 4.78 is 0. The predicted molar refractivity (Wildman–Crippen MR) is 88.1 cm³/mol. The van der Waals surface area contributed by atoms with Gasteiger partial charge in [-0.05, 0) is 29.7 Å². The molecule has 0 spiro atoms. The Morgan fingerprint density at radius 1 is 0.667 bits per heavy atom. The van der Waals surface area contributed by atoms with E-state index in [4.69, 9.17) is 0 Å². The monoisotopic (exact) mass is 304 g/mol. The van der Waals surface area contributed by atoms with Crippen LogP contribution in [0.4, 0.5) is 4.70 Å². The molecule has 4 heteroatoms. The Bertz CT molecular complexity index is 471. The van der Waals surface area contributed by atoms with E-state index in [1.807, 2.05) is 11.8 Å². The van der Waals surface area contributed by atoms with Crippen LogP contribution < -0.4 is 10.6 Å². The smallest absolute Gasteiger partial charge is 0.0157 e. The lowest BCUT2D eigenvalue weighted by Crippen LogP contribution is -2.39. The number of rotatable bonds is 0. The van der Waals surface area contributed by atoms with Gasteiger partial charge in [0.25, 0.3) is 0 Å². The van der Waals surface area contributed by atoms with E-state index in [1.54, 1.807) is 0 Å². The first-order valence-corrected chi connectivity index (χ1v) is 8.00. The molecule has 2 nitrogen and oxygen atoms in total. The topological polar surface area (TPSA) is 24.1 Å². The highest BCUT2D eigenvalue weighted by Crippen LogP contribution is 2.38. The summed E-state index contributed by atoms with van der Waals surface area (Å²) in [5.74, 6) is 0. The van der Waals surface area contributed by atoms with Crippen molar-refractivity contribution in [2.24, 2.45) is 0 Å². The molecule has 4 rings (SSSR count). The van der Waals surface area contributed by atoms with Gasteiger partial charge >= 0.3 is 0 Å². The van der Waals surface area contributed by atoms with E-state index in [9.17, 15) is 0 Å². The van der Waals surface area contributed by atoms with Crippen molar-refractivity contribution < 1.29 is 4.70 Å². The molecule has 0 saturated carbocycles. The molecule has 0 atom stereocenters. The fourth-order valence-electron chi connectivity index (χ4n) is 2.43. The minimum absolute atomic E-state index is 0. The first kappa shape index (κ1) is 16.0. The number of fused-ring (bicyclic) bond motifs is 2. The van der Waals surface area contributed by atoms with E-state index in [2.05, 4.69) is 59.2 Å². The second-order valence-corrected chi connectivity index (χ2v) is 6.08. The molecule has 0 radical (unpaired) electrons. The van der Waals surface area contributed by atoms with Crippen LogP contribution in [0.1, 0.15) is 11.1 Å². The van der Waals surface area contributed by atoms with Gasteiger partial charge in [0.1, 0.15) is 0 Å². The molecule has 0 bridgehead atoms. The van der Waals surface area contributed by atoms with Gasteiger partial charge in [0.15, 0.2) is 0 Å². The van der Waals surface area contributed by atoms with Crippen LogP contribution in [0.15, 0.2) is 58.3 Å². The van der Waals surface area contributed by atoms with Crippen molar-refractivity contribution in [1.82, 2.24) is 10.6 Å². The van der Waals surface area contributed by atoms with Crippen LogP contribution in [0.2, 0.25) is 0 Å². The Balaban J connectivity index is 0.000000197. The van der Waals surface area contributed by atoms with Gasteiger partial charge in [0.2, 0.25) is 0 Å². The summed E-state index contributed by atoms with van der Waals surface area (Å²) in [6.07, 6.45) is 1.08. The standard InChI is InChI=1S/C13H10S.C4H10N2.FH/c1-3-7-12-10(5-1)9-11-6-2-4-8-13(11)14-12;1-2-6-4-3-5-1;/h1-8H,9H2;5-6H,1-4H2;1H. The lowest BCUT2D eigenvalue weighted by Gasteiger charge is -2.17. The SMILES string of the molecule is C1CNCCN1.F.c1ccc2c(c1)Cc1ccccc1S2. The molecular weight excluding hydrogens is 283 g/mol. The summed E-state index contributed by atoms with van der Waals surface area (Å²) in [6, 6.07) is 17.3. The molecule has 21 heavy (non-hydrogen) atoms. The maximum absolute atomic E-state index is 3.22. The van der Waals surface area contributed by atoms with Crippen LogP contribution >= 0.6 is 11.8 Å². The summed E-state index contributed by atoms with van der Waals surface area (Å²) >= 11 is 1.88. The van der Waals surface area contributed by atoms with E-state index in [1.165, 1.54) is 20.9 Å². The molecular formula is C17H21FN2S. The number of benzene rings is 2. The van der Waals surface area contributed by atoms with Gasteiger partial charge in [0.05, 0.1) is 0 Å². The van der Waals surface area contributed by atoms with Gasteiger partial charge in [-0.15, -0.1) is 0 Å². The Kier molecular flexibility index (Phi) is 6.23. The molecule has 1 saturated heterocycles. The van der Waals surface area contributed by atoms with E-state index in [0.717, 1.165) is 32.6 Å². The molecule has 2 aromatic carbocycles. The first-order valence-electron chi connectivity index (χ1n) is 7.18. The van der Waals surface area contributed by atoms with E-state index in [0.29, 0.717) is 0 Å². The third-order valence-corrected chi connectivity index (χ3v) is 4.74. The van der Waals surface area contributed by atoms with Crippen LogP contribution in [0, 0.1) is 0 Å². The minimum Gasteiger partial charge on any atom is -0.314 e. The third-order valence-electron chi connectivity index (χ3n) is 3.50. The predicted octanol–water partition coefficient (Wildman–Crippen LogP) is 3.07. The largest absolute Gasteiger partial charge is 0.314 e. The van der Waals surface area contributed by atoms with Crippen molar-refractivity contribution in [2.75, 3.05) is 26.2 Å². The van der Waals surface area contributed by atoms with E-state index < -0.39 is 0 Å². The minimum atomic E-state index is 0. The highest BCUT2D eigenvalue weighted by Gasteiger charge is 2.13. The van der Waals surface area contributed by atoms with Crippen molar-refractivity contribution in [3.05, 3.63) is 59.7 Å². The maximum atomic E-state index is 3.22. The summed E-state index contributed by atoms with van der Waals surface area (Å²) in [5.41, 5.74) is 2.91. The summed E-state index contributed by atoms with van der Waals surface area (Å²) in [6.45, 7) is 4.56. The average molecular weight is 304 g/mol. The van der Waals surface area contributed by atoms with Crippen LogP contribution in [0.5, 0.6) is 0 Å². The van der Waals surface area contributed by atoms with Crippen molar-refractivity contribution in [2.45, 2.75) is 16.2 Å². The normalized spacial score (nSPS) is 15.6. The number of halogens is 1. The lowest BCUT2D eigenvalue weighted by molar-refractivity contribution is 0.534. The van der Waals surface area contributed by atoms with Gasteiger partial charge in [-0.1, -0.05) is 48.2 Å². The molecule has 0 unspecified atom stereocenters. The van der Waals surface area contributed by atoms with Crippen molar-refractivity contribution >= 4 is 11.8 Å². The van der Waals surface area contributed by atoms with Gasteiger partial charge in [0, 0.05) is 36.0 Å². The highest BCUT2D eigenvalue weighted by atomic mass is 32.2. The second kappa shape index (κ2) is 8.17. The fraction of sp³-hybridized carbons (Fsp3) is 0.294. The second-order valence-electron chi connectivity index (χ2n) is 4.99. The van der Waals surface area contributed by atoms with Gasteiger partial charge in [-0.3, -0.25) is 4.70 Å². The molecule has 2 aromatic rings. The summed E-state index contributed by atoms with van der Waals surface area (Å²) in [5, 5.41) is 6.44. The average Bonchev–Trinajstić information content (AvgIpc) is 2.55. The van der Waals surface area contributed by atoms with Crippen LogP contribution in [0.3, 0.4) is 0 Å². The maximum Gasteiger partial charge on any atom is 0.0157 e. The van der Waals surface area contributed by atoms with Crippen molar-refractivity contribution in [3.8, 4) is 0 Å². The van der Waals surface area contributed by atoms with Gasteiger partial charge in [-0.2, -0.15) is 0 Å². The molecule has 112 valence electrons. The number of hydrogen-bond donors (Lipinski definition) is 2. The fourth-order valence-corrected chi connectivity index (χ4v) is 3.50. The molecule has 0 amide bonds. The quantitative estimate of drug-likeness (QED) is 0.667. The lowest BCUT2D eigenvalue weighted by atomic mass is 10.0. The molecule has 1 fully saturated rings. The third kappa shape index (κ3) is 4.30. The van der Waals surface area contributed by atoms with Gasteiger partial charge in [-0.25, -0.2) is 0 Å². The first-order chi connectivity index (χ1) is 9.93. The van der Waals surface area contributed by atoms with E-state index in [-0.39, 0.29) is 4.70 Å². The van der Waals surface area contributed by atoms with E-state index >= 15 is 0 Å².